The predicted molar refractivity (Wildman–Crippen MR) is 100 cm³/mol. The number of carbonyl (C=O) groups is 1. The van der Waals surface area contributed by atoms with Crippen LogP contribution in [0.5, 0.6) is 0 Å². The lowest BCUT2D eigenvalue weighted by atomic mass is 10.0. The number of anilines is 1. The third-order valence-electron chi connectivity index (χ3n) is 3.73. The minimum Gasteiger partial charge on any atom is -0.311 e. The number of thioether (sulfide) groups is 1. The van der Waals surface area contributed by atoms with E-state index in [1.807, 2.05) is 30.3 Å². The van der Waals surface area contributed by atoms with Gasteiger partial charge in [0.2, 0.25) is 5.91 Å². The number of nitrogens with zero attached hydrogens (tertiary/aromatic N) is 2. The molecule has 124 valence electrons. The van der Waals surface area contributed by atoms with E-state index in [0.717, 1.165) is 10.6 Å². The molecule has 3 nitrogen and oxygen atoms in total. The standard InChI is InChI=1S/C20H22N2OS/c1-16(2)17-9-11-19(12-10-17)24-15-20(23)22(14-6-13-21)18-7-4-3-5-8-18/h3-5,7-12,16H,6,14-15H2,1-2H3. The fourth-order valence-electron chi connectivity index (χ4n) is 2.34. The molecule has 0 aliphatic carbocycles. The Morgan fingerprint density at radius 3 is 2.38 bits per heavy atom. The molecule has 0 saturated heterocycles. The molecule has 2 aromatic carbocycles. The smallest absolute Gasteiger partial charge is 0.237 e. The van der Waals surface area contributed by atoms with Crippen molar-refractivity contribution in [2.45, 2.75) is 31.1 Å². The van der Waals surface area contributed by atoms with Gasteiger partial charge in [0, 0.05) is 17.1 Å². The molecule has 1 amide bonds. The number of hydrogen-bond donors (Lipinski definition) is 0. The van der Waals surface area contributed by atoms with E-state index in [4.69, 9.17) is 5.26 Å². The summed E-state index contributed by atoms with van der Waals surface area (Å²) in [5.41, 5.74) is 2.14. The van der Waals surface area contributed by atoms with Crippen LogP contribution in [-0.2, 0) is 4.79 Å². The van der Waals surface area contributed by atoms with Gasteiger partial charge in [-0.1, -0.05) is 44.2 Å². The molecule has 0 fully saturated rings. The van der Waals surface area contributed by atoms with E-state index in [1.54, 1.807) is 4.90 Å². The minimum absolute atomic E-state index is 0.0226. The zero-order chi connectivity index (χ0) is 17.4. The van der Waals surface area contributed by atoms with E-state index in [-0.39, 0.29) is 5.91 Å². The van der Waals surface area contributed by atoms with Crippen LogP contribution >= 0.6 is 11.8 Å². The average molecular weight is 338 g/mol. The lowest BCUT2D eigenvalue weighted by Crippen LogP contribution is -2.33. The van der Waals surface area contributed by atoms with Crippen LogP contribution in [0.25, 0.3) is 0 Å². The van der Waals surface area contributed by atoms with Crippen LogP contribution in [0.15, 0.2) is 59.5 Å². The third kappa shape index (κ3) is 5.14. The summed E-state index contributed by atoms with van der Waals surface area (Å²) in [6, 6.07) is 20.0. The van der Waals surface area contributed by atoms with Crippen molar-refractivity contribution in [1.82, 2.24) is 0 Å². The Balaban J connectivity index is 2.01. The third-order valence-corrected chi connectivity index (χ3v) is 4.72. The van der Waals surface area contributed by atoms with Gasteiger partial charge in [-0.2, -0.15) is 5.26 Å². The first-order valence-electron chi connectivity index (χ1n) is 8.07. The number of benzene rings is 2. The van der Waals surface area contributed by atoms with Gasteiger partial charge in [-0.15, -0.1) is 11.8 Å². The zero-order valence-electron chi connectivity index (χ0n) is 14.1. The van der Waals surface area contributed by atoms with Gasteiger partial charge in [0.15, 0.2) is 0 Å². The Morgan fingerprint density at radius 2 is 1.79 bits per heavy atom. The summed E-state index contributed by atoms with van der Waals surface area (Å²) in [7, 11) is 0. The van der Waals surface area contributed by atoms with Crippen LogP contribution in [0.4, 0.5) is 5.69 Å². The molecule has 0 atom stereocenters. The molecule has 0 aromatic heterocycles. The average Bonchev–Trinajstić information content (AvgIpc) is 2.61. The molecule has 0 spiro atoms. The van der Waals surface area contributed by atoms with Crippen molar-refractivity contribution in [1.29, 1.82) is 5.26 Å². The summed E-state index contributed by atoms with van der Waals surface area (Å²) in [6.45, 7) is 4.75. The maximum absolute atomic E-state index is 12.6. The molecule has 0 aliphatic heterocycles. The molecule has 4 heteroatoms. The van der Waals surface area contributed by atoms with Gasteiger partial charge in [-0.3, -0.25) is 4.79 Å². The van der Waals surface area contributed by atoms with Gasteiger partial charge in [0.1, 0.15) is 0 Å². The van der Waals surface area contributed by atoms with Gasteiger partial charge in [0.05, 0.1) is 18.2 Å². The molecule has 0 heterocycles. The Morgan fingerprint density at radius 1 is 1.12 bits per heavy atom. The van der Waals surface area contributed by atoms with Crippen molar-refractivity contribution in [3.63, 3.8) is 0 Å². The first-order valence-corrected chi connectivity index (χ1v) is 9.05. The number of amides is 1. The van der Waals surface area contributed by atoms with Gasteiger partial charge in [-0.05, 0) is 35.7 Å². The quantitative estimate of drug-likeness (QED) is 0.678. The minimum atomic E-state index is 0.0226. The molecule has 0 saturated carbocycles. The van der Waals surface area contributed by atoms with Crippen LogP contribution < -0.4 is 4.90 Å². The first-order chi connectivity index (χ1) is 11.6. The molecule has 24 heavy (non-hydrogen) atoms. The van der Waals surface area contributed by atoms with Crippen molar-refractivity contribution >= 4 is 23.4 Å². The second kappa shape index (κ2) is 9.14. The van der Waals surface area contributed by atoms with Gasteiger partial charge >= 0.3 is 0 Å². The topological polar surface area (TPSA) is 44.1 Å². The van der Waals surface area contributed by atoms with Crippen LogP contribution in [-0.4, -0.2) is 18.2 Å². The van der Waals surface area contributed by atoms with Crippen LogP contribution in [0.2, 0.25) is 0 Å². The maximum atomic E-state index is 12.6. The monoisotopic (exact) mass is 338 g/mol. The molecule has 0 N–H and O–H groups in total. The summed E-state index contributed by atoms with van der Waals surface area (Å²) in [5.74, 6) is 0.890. The summed E-state index contributed by atoms with van der Waals surface area (Å²) in [4.78, 5) is 15.4. The summed E-state index contributed by atoms with van der Waals surface area (Å²) >= 11 is 1.53. The highest BCUT2D eigenvalue weighted by molar-refractivity contribution is 8.00. The molecule has 0 radical (unpaired) electrons. The number of nitriles is 1. The lowest BCUT2D eigenvalue weighted by Gasteiger charge is -2.21. The second-order valence-electron chi connectivity index (χ2n) is 5.80. The Labute approximate surface area is 148 Å². The molecule has 0 unspecified atom stereocenters. The molecular weight excluding hydrogens is 316 g/mol. The zero-order valence-corrected chi connectivity index (χ0v) is 14.9. The summed E-state index contributed by atoms with van der Waals surface area (Å²) in [5, 5.41) is 8.83. The predicted octanol–water partition coefficient (Wildman–Crippen LogP) is 4.85. The van der Waals surface area contributed by atoms with Crippen molar-refractivity contribution in [2.24, 2.45) is 0 Å². The highest BCUT2D eigenvalue weighted by Crippen LogP contribution is 2.23. The normalized spacial score (nSPS) is 10.4. The molecule has 2 rings (SSSR count). The molecule has 0 bridgehead atoms. The number of carbonyl (C=O) groups excluding carboxylic acids is 1. The molecular formula is C20H22N2OS. The SMILES string of the molecule is CC(C)c1ccc(SCC(=O)N(CCC#N)c2ccccc2)cc1. The van der Waals surface area contributed by atoms with E-state index in [9.17, 15) is 4.79 Å². The van der Waals surface area contributed by atoms with E-state index in [1.165, 1.54) is 17.3 Å². The fraction of sp³-hybridized carbons (Fsp3) is 0.300. The van der Waals surface area contributed by atoms with Gasteiger partial charge in [0.25, 0.3) is 0 Å². The summed E-state index contributed by atoms with van der Waals surface area (Å²) in [6.07, 6.45) is 0.328. The van der Waals surface area contributed by atoms with Crippen LogP contribution in [0.1, 0.15) is 31.7 Å². The van der Waals surface area contributed by atoms with Gasteiger partial charge in [-0.25, -0.2) is 0 Å². The molecule has 2 aromatic rings. The number of hydrogen-bond acceptors (Lipinski definition) is 3. The van der Waals surface area contributed by atoms with Crippen molar-refractivity contribution in [2.75, 3.05) is 17.2 Å². The maximum Gasteiger partial charge on any atom is 0.237 e. The highest BCUT2D eigenvalue weighted by Gasteiger charge is 2.15. The van der Waals surface area contributed by atoms with Crippen LogP contribution in [0.3, 0.4) is 0 Å². The van der Waals surface area contributed by atoms with Crippen molar-refractivity contribution in [3.8, 4) is 6.07 Å². The van der Waals surface area contributed by atoms with E-state index in [0.29, 0.717) is 24.6 Å². The number of para-hydroxylation sites is 1. The summed E-state index contributed by atoms with van der Waals surface area (Å²) < 4.78 is 0. The van der Waals surface area contributed by atoms with E-state index < -0.39 is 0 Å². The van der Waals surface area contributed by atoms with Gasteiger partial charge < -0.3 is 4.90 Å². The lowest BCUT2D eigenvalue weighted by molar-refractivity contribution is -0.116. The Hall–Kier alpha value is -2.25. The van der Waals surface area contributed by atoms with Crippen LogP contribution in [0, 0.1) is 11.3 Å². The highest BCUT2D eigenvalue weighted by atomic mass is 32.2. The molecule has 0 aliphatic rings. The van der Waals surface area contributed by atoms with E-state index in [2.05, 4.69) is 44.2 Å². The number of rotatable bonds is 7. The Bertz CT molecular complexity index is 690. The van der Waals surface area contributed by atoms with Crippen molar-refractivity contribution in [3.05, 3.63) is 60.2 Å². The Kier molecular flexibility index (Phi) is 6.89. The fourth-order valence-corrected chi connectivity index (χ4v) is 3.11. The second-order valence-corrected chi connectivity index (χ2v) is 6.85. The first kappa shape index (κ1) is 18.1. The van der Waals surface area contributed by atoms with E-state index >= 15 is 0 Å². The van der Waals surface area contributed by atoms with Crippen molar-refractivity contribution < 1.29 is 4.79 Å². The largest absolute Gasteiger partial charge is 0.311 e.